The van der Waals surface area contributed by atoms with Gasteiger partial charge in [0.2, 0.25) is 5.91 Å². The summed E-state index contributed by atoms with van der Waals surface area (Å²) in [4.78, 5) is 31.2. The number of nitrogens with zero attached hydrogens (tertiary/aromatic N) is 4. The normalized spacial score (nSPS) is 19.7. The predicted octanol–water partition coefficient (Wildman–Crippen LogP) is 4.92. The Labute approximate surface area is 230 Å². The molecule has 2 aromatic rings. The van der Waals surface area contributed by atoms with Gasteiger partial charge in [-0.25, -0.2) is 4.79 Å². The summed E-state index contributed by atoms with van der Waals surface area (Å²) in [5, 5.41) is 12.1. The Bertz CT molecular complexity index is 1200. The molecule has 0 unspecified atom stereocenters. The van der Waals surface area contributed by atoms with Crippen LogP contribution in [0, 0.1) is 17.2 Å². The maximum atomic E-state index is 12.7. The van der Waals surface area contributed by atoms with Crippen molar-refractivity contribution in [3.63, 3.8) is 0 Å². The molecule has 0 spiro atoms. The van der Waals surface area contributed by atoms with Crippen molar-refractivity contribution in [2.24, 2.45) is 5.92 Å². The Morgan fingerprint density at radius 1 is 1.08 bits per heavy atom. The third kappa shape index (κ3) is 6.51. The summed E-state index contributed by atoms with van der Waals surface area (Å²) in [6, 6.07) is 15.9. The Hall–Kier alpha value is -3.44. The lowest BCUT2D eigenvalue weighted by Gasteiger charge is -2.36. The quantitative estimate of drug-likeness (QED) is 0.545. The second-order valence-electron chi connectivity index (χ2n) is 11.1. The molecular weight excluding hydrogens is 502 g/mol. The van der Waals surface area contributed by atoms with Crippen molar-refractivity contribution in [3.8, 4) is 17.2 Å². The van der Waals surface area contributed by atoms with Crippen molar-refractivity contribution in [2.45, 2.75) is 45.8 Å². The fourth-order valence-corrected chi connectivity index (χ4v) is 5.28. The Morgan fingerprint density at radius 3 is 2.37 bits per heavy atom. The van der Waals surface area contributed by atoms with Crippen LogP contribution in [0.2, 0.25) is 5.02 Å². The van der Waals surface area contributed by atoms with Crippen molar-refractivity contribution in [1.29, 1.82) is 5.26 Å². The maximum Gasteiger partial charge on any atom is 0.410 e. The smallest absolute Gasteiger partial charge is 0.410 e. The molecule has 0 saturated carbocycles. The summed E-state index contributed by atoms with van der Waals surface area (Å²) in [5.41, 5.74) is 3.50. The van der Waals surface area contributed by atoms with Gasteiger partial charge in [-0.15, -0.1) is 0 Å². The van der Waals surface area contributed by atoms with Crippen molar-refractivity contribution in [1.82, 2.24) is 10.2 Å². The average molecular weight is 538 g/mol. The van der Waals surface area contributed by atoms with Crippen LogP contribution in [0.4, 0.5) is 16.2 Å². The minimum Gasteiger partial charge on any atom is -0.444 e. The van der Waals surface area contributed by atoms with E-state index in [1.165, 1.54) is 0 Å². The minimum atomic E-state index is -0.497. The van der Waals surface area contributed by atoms with E-state index in [1.807, 2.05) is 45.0 Å². The van der Waals surface area contributed by atoms with Crippen LogP contribution in [0.3, 0.4) is 0 Å². The molecule has 2 aliphatic heterocycles. The van der Waals surface area contributed by atoms with E-state index in [1.54, 1.807) is 4.90 Å². The summed E-state index contributed by atoms with van der Waals surface area (Å²) in [6.07, 6.45) is 0.455. The summed E-state index contributed by atoms with van der Waals surface area (Å²) >= 11 is 6.61. The number of hydrogen-bond donors (Lipinski definition) is 1. The fourth-order valence-electron chi connectivity index (χ4n) is 5.06. The van der Waals surface area contributed by atoms with Gasteiger partial charge >= 0.3 is 6.09 Å². The third-order valence-electron chi connectivity index (χ3n) is 6.91. The summed E-state index contributed by atoms with van der Waals surface area (Å²) in [7, 11) is 0. The second kappa shape index (κ2) is 11.5. The number of carbonyl (C=O) groups excluding carboxylic acids is 2. The molecule has 2 fully saturated rings. The molecule has 2 amide bonds. The highest BCUT2D eigenvalue weighted by Gasteiger charge is 2.36. The van der Waals surface area contributed by atoms with E-state index >= 15 is 0 Å². The number of anilines is 2. The van der Waals surface area contributed by atoms with Crippen LogP contribution in [0.15, 0.2) is 42.5 Å². The maximum absolute atomic E-state index is 12.7. The molecule has 0 aliphatic carbocycles. The van der Waals surface area contributed by atoms with E-state index in [-0.39, 0.29) is 24.6 Å². The van der Waals surface area contributed by atoms with Crippen LogP contribution in [0.25, 0.3) is 11.1 Å². The number of piperazine rings is 1. The van der Waals surface area contributed by atoms with Crippen LogP contribution in [0.5, 0.6) is 0 Å². The van der Waals surface area contributed by atoms with E-state index in [0.717, 1.165) is 42.1 Å². The van der Waals surface area contributed by atoms with Gasteiger partial charge in [0.25, 0.3) is 0 Å². The number of ether oxygens (including phenoxy) is 1. The molecule has 2 atom stereocenters. The summed E-state index contributed by atoms with van der Waals surface area (Å²) < 4.78 is 5.50. The van der Waals surface area contributed by atoms with E-state index in [9.17, 15) is 9.59 Å². The number of hydrogen-bond acceptors (Lipinski definition) is 6. The van der Waals surface area contributed by atoms with Gasteiger partial charge in [0.1, 0.15) is 18.2 Å². The third-order valence-corrected chi connectivity index (χ3v) is 7.23. The van der Waals surface area contributed by atoms with Gasteiger partial charge in [0, 0.05) is 38.4 Å². The molecule has 202 valence electrons. The molecule has 0 bridgehead atoms. The summed E-state index contributed by atoms with van der Waals surface area (Å²) in [5.74, 6) is 0.191. The molecule has 2 aliphatic rings. The molecule has 0 aromatic heterocycles. The number of amides is 2. The van der Waals surface area contributed by atoms with Gasteiger partial charge in [0.05, 0.1) is 16.8 Å². The van der Waals surface area contributed by atoms with Crippen LogP contribution in [-0.4, -0.2) is 67.8 Å². The van der Waals surface area contributed by atoms with Crippen molar-refractivity contribution in [3.05, 3.63) is 47.5 Å². The predicted molar refractivity (Wildman–Crippen MR) is 150 cm³/mol. The van der Waals surface area contributed by atoms with E-state index in [0.29, 0.717) is 30.5 Å². The molecule has 0 radical (unpaired) electrons. The lowest BCUT2D eigenvalue weighted by molar-refractivity contribution is -0.122. The van der Waals surface area contributed by atoms with Crippen LogP contribution < -0.4 is 15.1 Å². The number of carbonyl (C=O) groups is 2. The molecule has 1 N–H and O–H groups in total. The van der Waals surface area contributed by atoms with Crippen LogP contribution in [-0.2, 0) is 9.53 Å². The molecule has 4 rings (SSSR count). The standard InChI is InChI=1S/C29H36ClN5O3/c1-20-17-26(27(36)32-12-11-31)35(19-20)25-18-22(7-10-24(25)30)21-5-8-23(9-6-21)33-13-15-34(16-14-33)28(37)38-29(2,3)4/h5-10,18,20,26H,12-17,19H2,1-4H3,(H,32,36)/t20-,26-/m0/s1. The number of halogens is 1. The highest BCUT2D eigenvalue weighted by Crippen LogP contribution is 2.37. The SMILES string of the molecule is C[C@H]1C[C@@H](C(=O)NCC#N)N(c2cc(-c3ccc(N4CCN(C(=O)OC(C)(C)C)CC4)cc3)ccc2Cl)C1. The minimum absolute atomic E-state index is 0.00622. The van der Waals surface area contributed by atoms with E-state index in [2.05, 4.69) is 46.3 Å². The molecule has 38 heavy (non-hydrogen) atoms. The molecule has 2 heterocycles. The zero-order valence-electron chi connectivity index (χ0n) is 22.5. The molecule has 2 saturated heterocycles. The molecule has 2 aromatic carbocycles. The summed E-state index contributed by atoms with van der Waals surface area (Å²) in [6.45, 7) is 11.2. The van der Waals surface area contributed by atoms with Gasteiger partial charge in [-0.1, -0.05) is 36.7 Å². The van der Waals surface area contributed by atoms with Gasteiger partial charge in [-0.05, 0) is 68.5 Å². The van der Waals surface area contributed by atoms with Crippen LogP contribution in [0.1, 0.15) is 34.1 Å². The monoisotopic (exact) mass is 537 g/mol. The van der Waals surface area contributed by atoms with E-state index in [4.69, 9.17) is 21.6 Å². The lowest BCUT2D eigenvalue weighted by Crippen LogP contribution is -2.50. The Morgan fingerprint density at radius 2 is 1.74 bits per heavy atom. The number of nitrogens with one attached hydrogen (secondary N) is 1. The van der Waals surface area contributed by atoms with Crippen molar-refractivity contribution >= 4 is 35.0 Å². The van der Waals surface area contributed by atoms with Gasteiger partial charge < -0.3 is 24.8 Å². The zero-order valence-corrected chi connectivity index (χ0v) is 23.3. The van der Waals surface area contributed by atoms with Crippen molar-refractivity contribution < 1.29 is 14.3 Å². The van der Waals surface area contributed by atoms with E-state index < -0.39 is 5.60 Å². The van der Waals surface area contributed by atoms with Gasteiger partial charge in [-0.3, -0.25) is 4.79 Å². The number of rotatable bonds is 5. The molecular formula is C29H36ClN5O3. The van der Waals surface area contributed by atoms with Gasteiger partial charge in [0.15, 0.2) is 0 Å². The van der Waals surface area contributed by atoms with Crippen molar-refractivity contribution in [2.75, 3.05) is 49.1 Å². The Balaban J connectivity index is 1.45. The first-order valence-corrected chi connectivity index (χ1v) is 13.5. The lowest BCUT2D eigenvalue weighted by atomic mass is 10.0. The molecule has 9 heteroatoms. The first kappa shape index (κ1) is 27.6. The molecule has 8 nitrogen and oxygen atoms in total. The fraction of sp³-hybridized carbons (Fsp3) is 0.483. The Kier molecular flexibility index (Phi) is 8.37. The largest absolute Gasteiger partial charge is 0.444 e. The highest BCUT2D eigenvalue weighted by atomic mass is 35.5. The topological polar surface area (TPSA) is 88.9 Å². The van der Waals surface area contributed by atoms with Gasteiger partial charge in [-0.2, -0.15) is 5.26 Å². The first-order chi connectivity index (χ1) is 18.1. The van der Waals surface area contributed by atoms with Crippen LogP contribution >= 0.6 is 11.6 Å². The average Bonchev–Trinajstić information content (AvgIpc) is 3.28. The number of nitriles is 1. The highest BCUT2D eigenvalue weighted by molar-refractivity contribution is 6.33. The first-order valence-electron chi connectivity index (χ1n) is 13.1. The second-order valence-corrected chi connectivity index (χ2v) is 11.5. The zero-order chi connectivity index (χ0) is 27.4. The number of benzene rings is 2.